The van der Waals surface area contributed by atoms with Crippen molar-refractivity contribution in [2.24, 2.45) is 12.5 Å². The molecule has 2 aromatic heterocycles. The second kappa shape index (κ2) is 8.00. The Kier molecular flexibility index (Phi) is 5.62. The zero-order valence-electron chi connectivity index (χ0n) is 18.1. The third kappa shape index (κ3) is 4.29. The van der Waals surface area contributed by atoms with Gasteiger partial charge in [-0.25, -0.2) is 0 Å². The average molecular weight is 450 g/mol. The van der Waals surface area contributed by atoms with Gasteiger partial charge in [-0.3, -0.25) is 4.68 Å². The predicted octanol–water partition coefficient (Wildman–Crippen LogP) is 3.57. The van der Waals surface area contributed by atoms with Crippen LogP contribution in [0.2, 0.25) is 0 Å². The smallest absolute Gasteiger partial charge is 0.394 e. The first-order chi connectivity index (χ1) is 15.0. The van der Waals surface area contributed by atoms with Crippen molar-refractivity contribution in [1.29, 1.82) is 0 Å². The number of hydrogen-bond donors (Lipinski definition) is 2. The van der Waals surface area contributed by atoms with Gasteiger partial charge in [0.25, 0.3) is 5.89 Å². The Morgan fingerprint density at radius 2 is 2.03 bits per heavy atom. The first-order valence-corrected chi connectivity index (χ1v) is 10.4. The first-order valence-electron chi connectivity index (χ1n) is 10.4. The number of alkyl halides is 3. The zero-order valence-corrected chi connectivity index (χ0v) is 18.1. The maximum atomic E-state index is 13.6. The van der Waals surface area contributed by atoms with E-state index >= 15 is 0 Å². The van der Waals surface area contributed by atoms with E-state index in [0.717, 1.165) is 36.6 Å². The van der Waals surface area contributed by atoms with Crippen molar-refractivity contribution in [3.05, 3.63) is 40.6 Å². The maximum Gasteiger partial charge on any atom is 0.416 e. The molecule has 1 aromatic carbocycles. The number of benzene rings is 1. The Hall–Kier alpha value is -2.72. The highest BCUT2D eigenvalue weighted by Crippen LogP contribution is 2.39. The number of halogens is 3. The summed E-state index contributed by atoms with van der Waals surface area (Å²) in [5.74, 6) is 0.195. The molecule has 1 aliphatic rings. The summed E-state index contributed by atoms with van der Waals surface area (Å²) in [6.45, 7) is 3.78. The van der Waals surface area contributed by atoms with Gasteiger partial charge in [0.2, 0.25) is 5.82 Å². The quantitative estimate of drug-likeness (QED) is 0.617. The Balaban J connectivity index is 1.69. The standard InChI is InChI=1S/C22H25F3N4O3/c1-21(2)7-6-15-17(10-21)29(3)27-18(15)19-26-20(32-28-19)13-5-4-12(8-14(31)11-30)16(9-13)22(23,24)25/h4-5,9,14,30-31H,6-8,10-11H2,1-3H3. The van der Waals surface area contributed by atoms with Crippen LogP contribution in [0.4, 0.5) is 13.2 Å². The number of aliphatic hydroxyl groups excluding tert-OH is 2. The molecule has 1 unspecified atom stereocenters. The lowest BCUT2D eigenvalue weighted by Gasteiger charge is -2.29. The Bertz CT molecular complexity index is 1130. The van der Waals surface area contributed by atoms with Crippen LogP contribution < -0.4 is 0 Å². The van der Waals surface area contributed by atoms with E-state index in [4.69, 9.17) is 9.63 Å². The molecular formula is C22H25F3N4O3. The minimum Gasteiger partial charge on any atom is -0.394 e. The fourth-order valence-electron chi connectivity index (χ4n) is 4.18. The molecule has 1 atom stereocenters. The van der Waals surface area contributed by atoms with Gasteiger partial charge in [0.05, 0.1) is 18.3 Å². The summed E-state index contributed by atoms with van der Waals surface area (Å²) in [7, 11) is 1.86. The molecule has 0 saturated carbocycles. The molecule has 10 heteroatoms. The second-order valence-electron chi connectivity index (χ2n) is 9.07. The minimum absolute atomic E-state index is 0.0460. The van der Waals surface area contributed by atoms with Crippen LogP contribution in [0.1, 0.15) is 42.7 Å². The number of fused-ring (bicyclic) bond motifs is 1. The molecule has 3 aromatic rings. The molecule has 32 heavy (non-hydrogen) atoms. The predicted molar refractivity (Wildman–Crippen MR) is 110 cm³/mol. The molecule has 2 N–H and O–H groups in total. The van der Waals surface area contributed by atoms with Crippen LogP contribution >= 0.6 is 0 Å². The van der Waals surface area contributed by atoms with Gasteiger partial charge in [-0.2, -0.15) is 23.3 Å². The first kappa shape index (κ1) is 22.5. The average Bonchev–Trinajstić information content (AvgIpc) is 3.32. The SMILES string of the molecule is Cn1nc(-c2noc(-c3ccc(CC(O)CO)c(C(F)(F)F)c3)n2)c2c1CC(C)(C)CC2. The highest BCUT2D eigenvalue weighted by atomic mass is 19.4. The molecule has 0 amide bonds. The highest BCUT2D eigenvalue weighted by Gasteiger charge is 2.35. The molecular weight excluding hydrogens is 425 g/mol. The van der Waals surface area contributed by atoms with E-state index in [1.807, 2.05) is 11.7 Å². The summed E-state index contributed by atoms with van der Waals surface area (Å²) < 4.78 is 47.9. The maximum absolute atomic E-state index is 13.6. The summed E-state index contributed by atoms with van der Waals surface area (Å²) in [5.41, 5.74) is 1.98. The summed E-state index contributed by atoms with van der Waals surface area (Å²) in [5, 5.41) is 27.1. The van der Waals surface area contributed by atoms with E-state index in [1.165, 1.54) is 12.1 Å². The van der Waals surface area contributed by atoms with Crippen LogP contribution in [-0.2, 0) is 32.5 Å². The molecule has 2 heterocycles. The third-order valence-electron chi connectivity index (χ3n) is 5.94. The van der Waals surface area contributed by atoms with Crippen LogP contribution in [-0.4, -0.2) is 42.8 Å². The summed E-state index contributed by atoms with van der Waals surface area (Å²) in [6, 6.07) is 3.61. The van der Waals surface area contributed by atoms with E-state index in [9.17, 15) is 18.3 Å². The molecule has 172 valence electrons. The number of aryl methyl sites for hydroxylation is 1. The molecule has 0 bridgehead atoms. The van der Waals surface area contributed by atoms with Gasteiger partial charge in [-0.15, -0.1) is 0 Å². The summed E-state index contributed by atoms with van der Waals surface area (Å²) in [6.07, 6.45) is -3.58. The van der Waals surface area contributed by atoms with Gasteiger partial charge >= 0.3 is 6.18 Å². The normalized spacial score (nSPS) is 16.8. The van der Waals surface area contributed by atoms with Gasteiger partial charge in [0.1, 0.15) is 5.69 Å². The number of nitrogens with zero attached hydrogens (tertiary/aromatic N) is 4. The minimum atomic E-state index is -4.64. The number of aromatic nitrogens is 4. The van der Waals surface area contributed by atoms with Crippen LogP contribution in [0, 0.1) is 5.41 Å². The second-order valence-corrected chi connectivity index (χ2v) is 9.07. The Labute approximate surface area is 182 Å². The third-order valence-corrected chi connectivity index (χ3v) is 5.94. The number of rotatable bonds is 5. The number of aliphatic hydroxyl groups is 2. The van der Waals surface area contributed by atoms with Gasteiger partial charge in [-0.05, 0) is 42.4 Å². The summed E-state index contributed by atoms with van der Waals surface area (Å²) >= 11 is 0. The van der Waals surface area contributed by atoms with Crippen molar-refractivity contribution in [3.63, 3.8) is 0 Å². The van der Waals surface area contributed by atoms with Crippen molar-refractivity contribution >= 4 is 0 Å². The lowest BCUT2D eigenvalue weighted by Crippen LogP contribution is -2.23. The lowest BCUT2D eigenvalue weighted by atomic mass is 9.76. The molecule has 0 aliphatic heterocycles. The van der Waals surface area contributed by atoms with Gasteiger partial charge in [-0.1, -0.05) is 25.1 Å². The monoisotopic (exact) mass is 450 g/mol. The van der Waals surface area contributed by atoms with Crippen molar-refractivity contribution < 1.29 is 27.9 Å². The van der Waals surface area contributed by atoms with Gasteiger partial charge < -0.3 is 14.7 Å². The van der Waals surface area contributed by atoms with E-state index in [-0.39, 0.29) is 34.7 Å². The van der Waals surface area contributed by atoms with Crippen LogP contribution in [0.3, 0.4) is 0 Å². The van der Waals surface area contributed by atoms with Gasteiger partial charge in [0, 0.05) is 30.3 Å². The molecule has 0 spiro atoms. The zero-order chi connectivity index (χ0) is 23.3. The van der Waals surface area contributed by atoms with Crippen molar-refractivity contribution in [2.45, 2.75) is 51.8 Å². The fraction of sp³-hybridized carbons (Fsp3) is 0.500. The van der Waals surface area contributed by atoms with Crippen LogP contribution in [0.25, 0.3) is 23.0 Å². The Morgan fingerprint density at radius 3 is 2.72 bits per heavy atom. The molecule has 0 saturated heterocycles. The molecule has 1 aliphatic carbocycles. The topological polar surface area (TPSA) is 97.2 Å². The number of hydrogen-bond acceptors (Lipinski definition) is 6. The van der Waals surface area contributed by atoms with E-state index < -0.39 is 24.5 Å². The molecule has 0 fully saturated rings. The lowest BCUT2D eigenvalue weighted by molar-refractivity contribution is -0.138. The Morgan fingerprint density at radius 1 is 1.28 bits per heavy atom. The highest BCUT2D eigenvalue weighted by molar-refractivity contribution is 5.62. The van der Waals surface area contributed by atoms with Crippen LogP contribution in [0.5, 0.6) is 0 Å². The van der Waals surface area contributed by atoms with Gasteiger partial charge in [0.15, 0.2) is 0 Å². The molecule has 0 radical (unpaired) electrons. The van der Waals surface area contributed by atoms with E-state index in [2.05, 4.69) is 29.1 Å². The fourth-order valence-corrected chi connectivity index (χ4v) is 4.18. The van der Waals surface area contributed by atoms with Crippen molar-refractivity contribution in [3.8, 4) is 23.0 Å². The van der Waals surface area contributed by atoms with Crippen molar-refractivity contribution in [2.75, 3.05) is 6.61 Å². The van der Waals surface area contributed by atoms with Crippen molar-refractivity contribution in [1.82, 2.24) is 19.9 Å². The molecule has 4 rings (SSSR count). The van der Waals surface area contributed by atoms with E-state index in [1.54, 1.807) is 0 Å². The largest absolute Gasteiger partial charge is 0.416 e. The van der Waals surface area contributed by atoms with Crippen LogP contribution in [0.15, 0.2) is 22.7 Å². The molecule has 7 nitrogen and oxygen atoms in total. The summed E-state index contributed by atoms with van der Waals surface area (Å²) in [4.78, 5) is 4.33. The van der Waals surface area contributed by atoms with E-state index in [0.29, 0.717) is 5.69 Å².